The van der Waals surface area contributed by atoms with Crippen molar-refractivity contribution in [1.82, 2.24) is 20.8 Å². The number of aromatic amines is 1. The summed E-state index contributed by atoms with van der Waals surface area (Å²) in [6, 6.07) is 6.87. The van der Waals surface area contributed by atoms with Crippen LogP contribution in [-0.4, -0.2) is 35.8 Å². The second-order valence-electron chi connectivity index (χ2n) is 5.65. The van der Waals surface area contributed by atoms with Gasteiger partial charge in [-0.2, -0.15) is 5.10 Å². The molecule has 0 aliphatic heterocycles. The molecular formula is C18H27FIN5. The van der Waals surface area contributed by atoms with E-state index in [4.69, 9.17) is 0 Å². The smallest absolute Gasteiger partial charge is 0.191 e. The summed E-state index contributed by atoms with van der Waals surface area (Å²) in [6.45, 7) is 6.24. The van der Waals surface area contributed by atoms with Crippen molar-refractivity contribution in [3.63, 3.8) is 0 Å². The van der Waals surface area contributed by atoms with Crippen molar-refractivity contribution in [3.05, 3.63) is 53.1 Å². The quantitative estimate of drug-likeness (QED) is 0.246. The Labute approximate surface area is 165 Å². The predicted molar refractivity (Wildman–Crippen MR) is 111 cm³/mol. The molecule has 0 spiro atoms. The van der Waals surface area contributed by atoms with Gasteiger partial charge in [-0.1, -0.05) is 18.2 Å². The van der Waals surface area contributed by atoms with Crippen molar-refractivity contribution < 1.29 is 4.39 Å². The molecule has 138 valence electrons. The summed E-state index contributed by atoms with van der Waals surface area (Å²) in [5, 5.41) is 13.4. The van der Waals surface area contributed by atoms with Crippen molar-refractivity contribution >= 4 is 29.9 Å². The molecule has 0 fully saturated rings. The summed E-state index contributed by atoms with van der Waals surface area (Å²) in [5.41, 5.74) is 3.08. The molecule has 0 bridgehead atoms. The standard InChI is InChI=1S/C18H26FN5.HI/c1-3-20-18(21-11-6-8-16-13-23-24-14(16)2)22-12-10-15-7-4-5-9-17(15)19;/h4-5,7,9,13H,3,6,8,10-12H2,1-2H3,(H,23,24)(H2,20,21,22);1H. The van der Waals surface area contributed by atoms with E-state index < -0.39 is 0 Å². The topological polar surface area (TPSA) is 65.1 Å². The van der Waals surface area contributed by atoms with Crippen LogP contribution < -0.4 is 10.6 Å². The zero-order valence-corrected chi connectivity index (χ0v) is 17.1. The first-order valence-electron chi connectivity index (χ1n) is 8.45. The zero-order chi connectivity index (χ0) is 17.2. The Balaban J connectivity index is 0.00000312. The van der Waals surface area contributed by atoms with Gasteiger partial charge >= 0.3 is 0 Å². The number of nitrogens with one attached hydrogen (secondary N) is 3. The van der Waals surface area contributed by atoms with Crippen molar-refractivity contribution in [2.45, 2.75) is 33.1 Å². The van der Waals surface area contributed by atoms with E-state index in [1.165, 1.54) is 11.6 Å². The summed E-state index contributed by atoms with van der Waals surface area (Å²) >= 11 is 0. The molecule has 0 atom stereocenters. The van der Waals surface area contributed by atoms with E-state index in [9.17, 15) is 4.39 Å². The van der Waals surface area contributed by atoms with E-state index in [1.807, 2.05) is 32.2 Å². The van der Waals surface area contributed by atoms with Crippen LogP contribution in [0.5, 0.6) is 0 Å². The van der Waals surface area contributed by atoms with Crippen LogP contribution in [0, 0.1) is 12.7 Å². The third-order valence-electron chi connectivity index (χ3n) is 3.80. The Morgan fingerprint density at radius 1 is 1.20 bits per heavy atom. The maximum Gasteiger partial charge on any atom is 0.191 e. The molecule has 3 N–H and O–H groups in total. The summed E-state index contributed by atoms with van der Waals surface area (Å²) in [5.74, 6) is 0.620. The lowest BCUT2D eigenvalue weighted by molar-refractivity contribution is 0.606. The average molecular weight is 459 g/mol. The van der Waals surface area contributed by atoms with Gasteiger partial charge in [-0.25, -0.2) is 4.39 Å². The second-order valence-corrected chi connectivity index (χ2v) is 5.65. The van der Waals surface area contributed by atoms with Crippen molar-refractivity contribution in [3.8, 4) is 0 Å². The van der Waals surface area contributed by atoms with E-state index in [1.54, 1.807) is 6.07 Å². The van der Waals surface area contributed by atoms with E-state index in [2.05, 4.69) is 25.8 Å². The molecule has 5 nitrogen and oxygen atoms in total. The fourth-order valence-electron chi connectivity index (χ4n) is 2.45. The van der Waals surface area contributed by atoms with Gasteiger partial charge in [0.15, 0.2) is 5.96 Å². The molecule has 0 saturated carbocycles. The molecule has 1 heterocycles. The fourth-order valence-corrected chi connectivity index (χ4v) is 2.45. The van der Waals surface area contributed by atoms with Crippen LogP contribution in [0.25, 0.3) is 0 Å². The maximum absolute atomic E-state index is 13.6. The van der Waals surface area contributed by atoms with Crippen molar-refractivity contribution in [2.75, 3.05) is 19.6 Å². The van der Waals surface area contributed by atoms with Gasteiger partial charge in [0.05, 0.1) is 6.20 Å². The van der Waals surface area contributed by atoms with E-state index in [0.717, 1.165) is 43.1 Å². The van der Waals surface area contributed by atoms with Gasteiger partial charge < -0.3 is 10.6 Å². The molecule has 0 saturated heterocycles. The van der Waals surface area contributed by atoms with Crippen LogP contribution in [-0.2, 0) is 12.8 Å². The number of hydrogen-bond acceptors (Lipinski definition) is 2. The molecule has 0 aliphatic rings. The molecule has 1 aromatic carbocycles. The van der Waals surface area contributed by atoms with Crippen LogP contribution >= 0.6 is 24.0 Å². The van der Waals surface area contributed by atoms with Gasteiger partial charge in [0.2, 0.25) is 0 Å². The summed E-state index contributed by atoms with van der Waals surface area (Å²) in [6.07, 6.45) is 4.42. The zero-order valence-electron chi connectivity index (χ0n) is 14.8. The SMILES string of the molecule is CCNC(=NCCCc1cn[nH]c1C)NCCc1ccccc1F.I. The van der Waals surface area contributed by atoms with Gasteiger partial charge in [0, 0.05) is 25.3 Å². The first kappa shape index (κ1) is 21.4. The molecule has 0 amide bonds. The van der Waals surface area contributed by atoms with Gasteiger partial charge in [-0.15, -0.1) is 24.0 Å². The number of halogens is 2. The number of rotatable bonds is 8. The van der Waals surface area contributed by atoms with Crippen molar-refractivity contribution in [2.24, 2.45) is 4.99 Å². The van der Waals surface area contributed by atoms with Gasteiger partial charge in [-0.3, -0.25) is 10.1 Å². The van der Waals surface area contributed by atoms with E-state index in [0.29, 0.717) is 13.0 Å². The van der Waals surface area contributed by atoms with Gasteiger partial charge in [-0.05, 0) is 50.3 Å². The number of hydrogen-bond donors (Lipinski definition) is 3. The molecule has 1 aromatic heterocycles. The summed E-state index contributed by atoms with van der Waals surface area (Å²) in [4.78, 5) is 4.57. The Morgan fingerprint density at radius 2 is 2.00 bits per heavy atom. The monoisotopic (exact) mass is 459 g/mol. The highest BCUT2D eigenvalue weighted by atomic mass is 127. The Bertz CT molecular complexity index is 656. The number of aryl methyl sites for hydroxylation is 2. The molecule has 7 heteroatoms. The maximum atomic E-state index is 13.6. The highest BCUT2D eigenvalue weighted by Gasteiger charge is 2.02. The number of nitrogens with zero attached hydrogens (tertiary/aromatic N) is 2. The predicted octanol–water partition coefficient (Wildman–Crippen LogP) is 3.21. The van der Waals surface area contributed by atoms with Crippen LogP contribution in [0.2, 0.25) is 0 Å². The molecule has 25 heavy (non-hydrogen) atoms. The molecular weight excluding hydrogens is 432 g/mol. The Kier molecular flexibility index (Phi) is 10.1. The molecule has 0 unspecified atom stereocenters. The first-order chi connectivity index (χ1) is 11.7. The second kappa shape index (κ2) is 11.8. The Hall–Kier alpha value is -1.64. The minimum atomic E-state index is -0.156. The highest BCUT2D eigenvalue weighted by molar-refractivity contribution is 14.0. The summed E-state index contributed by atoms with van der Waals surface area (Å²) in [7, 11) is 0. The van der Waals surface area contributed by atoms with E-state index in [-0.39, 0.29) is 29.8 Å². The lowest BCUT2D eigenvalue weighted by atomic mass is 10.1. The lowest BCUT2D eigenvalue weighted by Crippen LogP contribution is -2.38. The normalized spacial score (nSPS) is 11.1. The minimum Gasteiger partial charge on any atom is -0.357 e. The first-order valence-corrected chi connectivity index (χ1v) is 8.45. The number of aromatic nitrogens is 2. The van der Waals surface area contributed by atoms with Gasteiger partial charge in [0.25, 0.3) is 0 Å². The number of guanidine groups is 1. The van der Waals surface area contributed by atoms with Crippen LogP contribution in [0.4, 0.5) is 4.39 Å². The lowest BCUT2D eigenvalue weighted by Gasteiger charge is -2.11. The van der Waals surface area contributed by atoms with Gasteiger partial charge in [0.1, 0.15) is 5.82 Å². The third-order valence-corrected chi connectivity index (χ3v) is 3.80. The third kappa shape index (κ3) is 7.41. The molecule has 0 radical (unpaired) electrons. The number of aliphatic imine (C=N–C) groups is 1. The van der Waals surface area contributed by atoms with E-state index >= 15 is 0 Å². The van der Waals surface area contributed by atoms with Crippen molar-refractivity contribution in [1.29, 1.82) is 0 Å². The van der Waals surface area contributed by atoms with Crippen LogP contribution in [0.1, 0.15) is 30.2 Å². The Morgan fingerprint density at radius 3 is 2.68 bits per heavy atom. The highest BCUT2D eigenvalue weighted by Crippen LogP contribution is 2.07. The number of H-pyrrole nitrogens is 1. The minimum absolute atomic E-state index is 0. The average Bonchev–Trinajstić information content (AvgIpc) is 2.98. The molecule has 2 rings (SSSR count). The fraction of sp³-hybridized carbons (Fsp3) is 0.444. The largest absolute Gasteiger partial charge is 0.357 e. The molecule has 0 aliphatic carbocycles. The summed E-state index contributed by atoms with van der Waals surface area (Å²) < 4.78 is 13.6. The van der Waals surface area contributed by atoms with Crippen LogP contribution in [0.15, 0.2) is 35.5 Å². The number of benzene rings is 1. The van der Waals surface area contributed by atoms with Crippen LogP contribution in [0.3, 0.4) is 0 Å². The molecule has 2 aromatic rings.